The van der Waals surface area contributed by atoms with E-state index in [-0.39, 0.29) is 11.9 Å². The molecular weight excluding hydrogens is 276 g/mol. The third kappa shape index (κ3) is 4.29. The number of amides is 1. The Kier molecular flexibility index (Phi) is 5.94. The molecule has 2 rings (SSSR count). The number of carbonyl (C=O) groups is 1. The van der Waals surface area contributed by atoms with Crippen LogP contribution in [-0.4, -0.2) is 73.5 Å². The first-order valence-corrected chi connectivity index (χ1v) is 7.98. The molecule has 1 unspecified atom stereocenters. The molecule has 1 amide bonds. The maximum Gasteiger partial charge on any atom is 0.253 e. The average molecular weight is 304 g/mol. The maximum atomic E-state index is 12.5. The monoisotopic (exact) mass is 304 g/mol. The van der Waals surface area contributed by atoms with Crippen molar-refractivity contribution < 1.29 is 4.79 Å². The van der Waals surface area contributed by atoms with E-state index in [1.807, 2.05) is 32.2 Å². The Hall–Kier alpha value is -1.43. The minimum atomic E-state index is 0.0400. The fourth-order valence-electron chi connectivity index (χ4n) is 2.63. The fraction of sp³-hybridized carbons (Fsp3) is 0.588. The van der Waals surface area contributed by atoms with Gasteiger partial charge in [0.05, 0.1) is 0 Å². The van der Waals surface area contributed by atoms with E-state index in [0.29, 0.717) is 6.54 Å². The molecule has 1 fully saturated rings. The predicted octanol–water partition coefficient (Wildman–Crippen LogP) is 0.853. The van der Waals surface area contributed by atoms with Gasteiger partial charge in [-0.05, 0) is 31.7 Å². The molecule has 0 aromatic heterocycles. The summed E-state index contributed by atoms with van der Waals surface area (Å²) in [4.78, 5) is 19.0. The number of hydrogen-bond acceptors (Lipinski definition) is 4. The molecule has 1 atom stereocenters. The van der Waals surface area contributed by atoms with Gasteiger partial charge in [0.25, 0.3) is 5.91 Å². The molecule has 1 aliphatic rings. The molecule has 1 aliphatic heterocycles. The zero-order chi connectivity index (χ0) is 16.1. The van der Waals surface area contributed by atoms with Crippen LogP contribution in [0.4, 0.5) is 0 Å². The van der Waals surface area contributed by atoms with Gasteiger partial charge in [0.1, 0.15) is 0 Å². The van der Waals surface area contributed by atoms with Crippen LogP contribution in [0.15, 0.2) is 24.3 Å². The van der Waals surface area contributed by atoms with Crippen LogP contribution in [-0.2, 0) is 6.54 Å². The number of nitrogens with two attached hydrogens (primary N) is 1. The summed E-state index contributed by atoms with van der Waals surface area (Å²) in [5.74, 6) is 0.0400. The smallest absolute Gasteiger partial charge is 0.253 e. The number of carbonyl (C=O) groups excluding carboxylic acids is 1. The minimum Gasteiger partial charge on any atom is -0.338 e. The lowest BCUT2D eigenvalue weighted by molar-refractivity contribution is 0.0748. The van der Waals surface area contributed by atoms with Gasteiger partial charge in [0, 0.05) is 57.9 Å². The van der Waals surface area contributed by atoms with Gasteiger partial charge in [0.2, 0.25) is 0 Å². The van der Waals surface area contributed by atoms with Crippen LogP contribution in [0.5, 0.6) is 0 Å². The van der Waals surface area contributed by atoms with Gasteiger partial charge in [0.15, 0.2) is 0 Å². The predicted molar refractivity (Wildman–Crippen MR) is 89.8 cm³/mol. The number of benzene rings is 1. The normalized spacial score (nSPS) is 18.2. The molecule has 1 saturated heterocycles. The first kappa shape index (κ1) is 16.9. The summed E-state index contributed by atoms with van der Waals surface area (Å²) < 4.78 is 0. The lowest BCUT2D eigenvalue weighted by Crippen LogP contribution is -2.43. The van der Waals surface area contributed by atoms with Gasteiger partial charge < -0.3 is 15.5 Å². The van der Waals surface area contributed by atoms with Crippen LogP contribution in [0.3, 0.4) is 0 Å². The van der Waals surface area contributed by atoms with E-state index in [4.69, 9.17) is 5.73 Å². The topological polar surface area (TPSA) is 52.8 Å². The lowest BCUT2D eigenvalue weighted by atomic mass is 10.1. The van der Waals surface area contributed by atoms with Crippen molar-refractivity contribution in [3.63, 3.8) is 0 Å². The summed E-state index contributed by atoms with van der Waals surface area (Å²) in [6.45, 7) is 7.72. The highest BCUT2D eigenvalue weighted by Gasteiger charge is 2.18. The SMILES string of the molecule is CC(CN)N(C)C(=O)c1cccc(CN2CCN(C)CC2)c1. The van der Waals surface area contributed by atoms with E-state index in [9.17, 15) is 4.79 Å². The molecule has 0 bridgehead atoms. The Morgan fingerprint density at radius 1 is 1.32 bits per heavy atom. The first-order valence-electron chi connectivity index (χ1n) is 7.98. The van der Waals surface area contributed by atoms with Crippen molar-refractivity contribution in [2.45, 2.75) is 19.5 Å². The summed E-state index contributed by atoms with van der Waals surface area (Å²) in [6.07, 6.45) is 0. The number of likely N-dealkylation sites (N-methyl/N-ethyl adjacent to an activating group) is 2. The van der Waals surface area contributed by atoms with Crippen molar-refractivity contribution in [1.82, 2.24) is 14.7 Å². The van der Waals surface area contributed by atoms with Gasteiger partial charge in [-0.15, -0.1) is 0 Å². The number of nitrogens with zero attached hydrogens (tertiary/aromatic N) is 3. The molecule has 0 saturated carbocycles. The molecule has 22 heavy (non-hydrogen) atoms. The number of hydrogen-bond donors (Lipinski definition) is 1. The van der Waals surface area contributed by atoms with E-state index in [2.05, 4.69) is 22.9 Å². The molecular formula is C17H28N4O. The van der Waals surface area contributed by atoms with Gasteiger partial charge in [-0.2, -0.15) is 0 Å². The highest BCUT2D eigenvalue weighted by molar-refractivity contribution is 5.94. The summed E-state index contributed by atoms with van der Waals surface area (Å²) in [7, 11) is 3.97. The largest absolute Gasteiger partial charge is 0.338 e. The highest BCUT2D eigenvalue weighted by atomic mass is 16.2. The van der Waals surface area contributed by atoms with Gasteiger partial charge in [-0.25, -0.2) is 0 Å². The van der Waals surface area contributed by atoms with Crippen molar-refractivity contribution >= 4 is 5.91 Å². The summed E-state index contributed by atoms with van der Waals surface area (Å²) in [5, 5.41) is 0. The molecule has 0 radical (unpaired) electrons. The van der Waals surface area contributed by atoms with Gasteiger partial charge in [-0.3, -0.25) is 9.69 Å². The van der Waals surface area contributed by atoms with E-state index < -0.39 is 0 Å². The van der Waals surface area contributed by atoms with E-state index >= 15 is 0 Å². The quantitative estimate of drug-likeness (QED) is 0.876. The Morgan fingerprint density at radius 3 is 2.64 bits per heavy atom. The van der Waals surface area contributed by atoms with Crippen LogP contribution in [0.25, 0.3) is 0 Å². The van der Waals surface area contributed by atoms with E-state index in [1.54, 1.807) is 4.90 Å². The van der Waals surface area contributed by atoms with Gasteiger partial charge >= 0.3 is 0 Å². The molecule has 1 aromatic rings. The molecule has 122 valence electrons. The van der Waals surface area contributed by atoms with Crippen molar-refractivity contribution in [2.24, 2.45) is 5.73 Å². The zero-order valence-corrected chi connectivity index (χ0v) is 14.0. The molecule has 0 aliphatic carbocycles. The Bertz CT molecular complexity index is 497. The van der Waals surface area contributed by atoms with Crippen LogP contribution >= 0.6 is 0 Å². The average Bonchev–Trinajstić information content (AvgIpc) is 2.55. The first-order chi connectivity index (χ1) is 10.5. The summed E-state index contributed by atoms with van der Waals surface area (Å²) in [6, 6.07) is 8.02. The second kappa shape index (κ2) is 7.72. The molecule has 1 heterocycles. The Morgan fingerprint density at radius 2 is 2.00 bits per heavy atom. The third-order valence-corrected chi connectivity index (χ3v) is 4.50. The molecule has 1 aromatic carbocycles. The molecule has 2 N–H and O–H groups in total. The highest BCUT2D eigenvalue weighted by Crippen LogP contribution is 2.12. The van der Waals surface area contributed by atoms with Crippen molar-refractivity contribution in [2.75, 3.05) is 46.8 Å². The van der Waals surface area contributed by atoms with Crippen molar-refractivity contribution in [3.8, 4) is 0 Å². The summed E-state index contributed by atoms with van der Waals surface area (Å²) in [5.41, 5.74) is 7.59. The number of rotatable bonds is 5. The molecule has 5 heteroatoms. The fourth-order valence-corrected chi connectivity index (χ4v) is 2.63. The Labute approximate surface area is 133 Å². The lowest BCUT2D eigenvalue weighted by Gasteiger charge is -2.32. The molecule has 0 spiro atoms. The zero-order valence-electron chi connectivity index (χ0n) is 14.0. The standard InChI is InChI=1S/C17H28N4O/c1-14(12-18)20(3)17(22)16-6-4-5-15(11-16)13-21-9-7-19(2)8-10-21/h4-6,11,14H,7-10,12-13,18H2,1-3H3. The Balaban J connectivity index is 2.02. The van der Waals surface area contributed by atoms with Crippen molar-refractivity contribution in [1.29, 1.82) is 0 Å². The second-order valence-electron chi connectivity index (χ2n) is 6.28. The van der Waals surface area contributed by atoms with Crippen LogP contribution in [0.1, 0.15) is 22.8 Å². The van der Waals surface area contributed by atoms with E-state index in [0.717, 1.165) is 38.3 Å². The third-order valence-electron chi connectivity index (χ3n) is 4.50. The number of piperazine rings is 1. The maximum absolute atomic E-state index is 12.5. The van der Waals surface area contributed by atoms with Gasteiger partial charge in [-0.1, -0.05) is 12.1 Å². The van der Waals surface area contributed by atoms with Crippen molar-refractivity contribution in [3.05, 3.63) is 35.4 Å². The summed E-state index contributed by atoms with van der Waals surface area (Å²) >= 11 is 0. The van der Waals surface area contributed by atoms with Crippen LogP contribution in [0, 0.1) is 0 Å². The second-order valence-corrected chi connectivity index (χ2v) is 6.28. The van der Waals surface area contributed by atoms with E-state index in [1.165, 1.54) is 5.56 Å². The van der Waals surface area contributed by atoms with Crippen LogP contribution < -0.4 is 5.73 Å². The minimum absolute atomic E-state index is 0.0400. The van der Waals surface area contributed by atoms with Crippen LogP contribution in [0.2, 0.25) is 0 Å². The molecule has 5 nitrogen and oxygen atoms in total.